The first-order valence-corrected chi connectivity index (χ1v) is 24.0. The van der Waals surface area contributed by atoms with Gasteiger partial charge in [-0.15, -0.1) is 0 Å². The number of benzene rings is 1. The van der Waals surface area contributed by atoms with Gasteiger partial charge in [0.25, 0.3) is 11.8 Å². The van der Waals surface area contributed by atoms with E-state index in [0.717, 1.165) is 47.5 Å². The molecule has 2 unspecified atom stereocenters. The van der Waals surface area contributed by atoms with E-state index in [0.29, 0.717) is 59.8 Å². The number of unbranched alkanes of at least 4 members (excludes halogenated alkanes) is 2. The molecule has 71 heavy (non-hydrogen) atoms. The van der Waals surface area contributed by atoms with Crippen LogP contribution in [0.15, 0.2) is 79.3 Å². The standard InChI is InChI=1S/C50H61N13O8/c1-31(2)44(60-41(64)16-5-4-8-26-61-42(65)23-24-43(61)66)48(68)57-38(15-10-25-52-49(51)69)47(67)56-35-20-17-33(18-21-35)29-71-50(70)62(36-12-6-7-13-36)28-39-58-45(34-19-22-40-53-30-54-63(40)27-34)46(59-39)37-14-9-11-32(3)55-37/h9,11,14,17-24,27,30-31,36,38,44H,4-8,10,12-13,15-16,25-26,28-29H2,1-3H3,(H,56,67)(H,57,68)(H,58,59)(H,60,64)(H3,51,52,69). The predicted octanol–water partition coefficient (Wildman–Crippen LogP) is 5.07. The molecule has 1 aliphatic heterocycles. The van der Waals surface area contributed by atoms with Crippen molar-refractivity contribution in [3.63, 3.8) is 0 Å². The highest BCUT2D eigenvalue weighted by molar-refractivity contribution is 6.12. The number of H-pyrrole nitrogens is 1. The number of hydrogen-bond acceptors (Lipinski definition) is 12. The zero-order valence-electron chi connectivity index (χ0n) is 40.2. The summed E-state index contributed by atoms with van der Waals surface area (Å²) in [7, 11) is 0. The minimum Gasteiger partial charge on any atom is -0.445 e. The number of nitrogens with two attached hydrogens (primary N) is 1. The highest BCUT2D eigenvalue weighted by atomic mass is 16.6. The molecular formula is C50H61N13O8. The minimum atomic E-state index is -1.05. The molecule has 0 bridgehead atoms. The lowest BCUT2D eigenvalue weighted by Gasteiger charge is -2.27. The minimum absolute atomic E-state index is 0.0394. The Labute approximate surface area is 410 Å². The molecule has 0 saturated heterocycles. The smallest absolute Gasteiger partial charge is 0.410 e. The number of aryl methyl sites for hydroxylation is 1. The second-order valence-electron chi connectivity index (χ2n) is 18.1. The summed E-state index contributed by atoms with van der Waals surface area (Å²) in [5.41, 5.74) is 10.7. The lowest BCUT2D eigenvalue weighted by Crippen LogP contribution is -2.54. The van der Waals surface area contributed by atoms with Crippen molar-refractivity contribution < 1.29 is 38.3 Å². The Hall–Kier alpha value is -7.97. The molecule has 0 radical (unpaired) electrons. The van der Waals surface area contributed by atoms with Gasteiger partial charge in [0.05, 0.1) is 17.9 Å². The van der Waals surface area contributed by atoms with Crippen molar-refractivity contribution in [2.45, 2.75) is 116 Å². The van der Waals surface area contributed by atoms with Crippen LogP contribution in [-0.2, 0) is 41.9 Å². The van der Waals surface area contributed by atoms with Crippen LogP contribution in [0, 0.1) is 12.8 Å². The Morgan fingerprint density at radius 1 is 0.901 bits per heavy atom. The second-order valence-corrected chi connectivity index (χ2v) is 18.1. The number of aromatic nitrogens is 6. The summed E-state index contributed by atoms with van der Waals surface area (Å²) in [6.07, 6.45) is 11.1. The number of anilines is 1. The van der Waals surface area contributed by atoms with E-state index in [9.17, 15) is 33.6 Å². The van der Waals surface area contributed by atoms with E-state index in [1.165, 1.54) is 18.5 Å². The van der Waals surface area contributed by atoms with Crippen LogP contribution in [0.4, 0.5) is 15.3 Å². The molecule has 2 aliphatic rings. The number of nitrogens with one attached hydrogen (secondary N) is 5. The molecule has 2 atom stereocenters. The van der Waals surface area contributed by atoms with Crippen LogP contribution in [0.5, 0.6) is 0 Å². The van der Waals surface area contributed by atoms with Gasteiger partial charge in [-0.05, 0) is 93.3 Å². The van der Waals surface area contributed by atoms with Crippen LogP contribution in [0.1, 0.15) is 95.1 Å². The van der Waals surface area contributed by atoms with Crippen molar-refractivity contribution in [1.29, 1.82) is 0 Å². The van der Waals surface area contributed by atoms with E-state index in [2.05, 4.69) is 36.3 Å². The number of carbonyl (C=O) groups is 7. The topological polar surface area (TPSA) is 281 Å². The number of imide groups is 1. The van der Waals surface area contributed by atoms with Crippen LogP contribution in [0.3, 0.4) is 0 Å². The van der Waals surface area contributed by atoms with E-state index in [-0.39, 0.29) is 68.8 Å². The lowest BCUT2D eigenvalue weighted by molar-refractivity contribution is -0.137. The van der Waals surface area contributed by atoms with Gasteiger partial charge in [-0.2, -0.15) is 5.10 Å². The van der Waals surface area contributed by atoms with Crippen molar-refractivity contribution in [2.24, 2.45) is 11.7 Å². The van der Waals surface area contributed by atoms with Gasteiger partial charge in [-0.1, -0.05) is 51.3 Å². The van der Waals surface area contributed by atoms with Gasteiger partial charge in [0.1, 0.15) is 36.5 Å². The Kier molecular flexibility index (Phi) is 17.2. The van der Waals surface area contributed by atoms with Crippen LogP contribution >= 0.6 is 0 Å². The fourth-order valence-electron chi connectivity index (χ4n) is 8.61. The van der Waals surface area contributed by atoms with Crippen molar-refractivity contribution in [3.05, 3.63) is 96.4 Å². The van der Waals surface area contributed by atoms with Gasteiger partial charge in [0.15, 0.2) is 5.65 Å². The molecule has 374 valence electrons. The number of pyridine rings is 2. The molecule has 5 aromatic rings. The van der Waals surface area contributed by atoms with Gasteiger partial charge in [-0.25, -0.2) is 24.1 Å². The maximum Gasteiger partial charge on any atom is 0.410 e. The molecule has 0 spiro atoms. The normalized spacial score (nSPS) is 14.5. The molecule has 4 aromatic heterocycles. The zero-order chi connectivity index (χ0) is 50.4. The predicted molar refractivity (Wildman–Crippen MR) is 261 cm³/mol. The summed E-state index contributed by atoms with van der Waals surface area (Å²) < 4.78 is 7.61. The Bertz CT molecular complexity index is 2730. The van der Waals surface area contributed by atoms with Gasteiger partial charge in [0.2, 0.25) is 17.7 Å². The molecule has 8 amide bonds. The molecule has 1 fully saturated rings. The summed E-state index contributed by atoms with van der Waals surface area (Å²) in [5.74, 6) is -1.90. The van der Waals surface area contributed by atoms with E-state index >= 15 is 0 Å². The third-order valence-corrected chi connectivity index (χ3v) is 12.4. The maximum absolute atomic E-state index is 14.0. The SMILES string of the molecule is Cc1cccc(-c2nc(CN(C(=O)OCc3ccc(NC(=O)C(CCCNC(N)=O)NC(=O)C(NC(=O)CCCCCN4C(=O)C=CC4=O)C(C)C)cc3)C3CCCC3)[nH]c2-c2ccc3ncnn3c2)n1. The van der Waals surface area contributed by atoms with E-state index in [1.807, 2.05) is 43.5 Å². The number of ether oxygens (including phenoxy) is 1. The van der Waals surface area contributed by atoms with Crippen LogP contribution in [0.2, 0.25) is 0 Å². The number of nitrogens with zero attached hydrogens (tertiary/aromatic N) is 7. The summed E-state index contributed by atoms with van der Waals surface area (Å²) >= 11 is 0. The number of amides is 8. The first-order chi connectivity index (χ1) is 34.2. The van der Waals surface area contributed by atoms with Gasteiger partial charge < -0.3 is 36.7 Å². The van der Waals surface area contributed by atoms with Crippen molar-refractivity contribution in [1.82, 2.24) is 55.3 Å². The molecule has 21 heteroatoms. The molecule has 1 aliphatic carbocycles. The first kappa shape index (κ1) is 50.9. The van der Waals surface area contributed by atoms with Crippen LogP contribution in [0.25, 0.3) is 28.3 Å². The Balaban J connectivity index is 0.957. The summed E-state index contributed by atoms with van der Waals surface area (Å²) in [4.78, 5) is 110. The fourth-order valence-corrected chi connectivity index (χ4v) is 8.61. The average molecular weight is 972 g/mol. The van der Waals surface area contributed by atoms with E-state index < -0.39 is 36.0 Å². The second kappa shape index (κ2) is 24.0. The zero-order valence-corrected chi connectivity index (χ0v) is 40.2. The lowest BCUT2D eigenvalue weighted by atomic mass is 10.0. The average Bonchev–Trinajstić information content (AvgIpc) is 4.19. The first-order valence-electron chi connectivity index (χ1n) is 24.0. The number of urea groups is 1. The quantitative estimate of drug-likeness (QED) is 0.0370. The number of rotatable bonds is 23. The summed E-state index contributed by atoms with van der Waals surface area (Å²) in [6, 6.07) is 13.6. The largest absolute Gasteiger partial charge is 0.445 e. The highest BCUT2D eigenvalue weighted by Gasteiger charge is 2.31. The van der Waals surface area contributed by atoms with E-state index in [1.54, 1.807) is 47.5 Å². The summed E-state index contributed by atoms with van der Waals surface area (Å²) in [6.45, 7) is 6.03. The Morgan fingerprint density at radius 3 is 2.38 bits per heavy atom. The summed E-state index contributed by atoms with van der Waals surface area (Å²) in [5, 5.41) is 15.2. The van der Waals surface area contributed by atoms with Crippen molar-refractivity contribution in [2.75, 3.05) is 18.4 Å². The maximum atomic E-state index is 14.0. The molecule has 1 saturated carbocycles. The number of carbonyl (C=O) groups excluding carboxylic acids is 7. The van der Waals surface area contributed by atoms with Gasteiger partial charge >= 0.3 is 12.1 Å². The third-order valence-electron chi connectivity index (χ3n) is 12.4. The van der Waals surface area contributed by atoms with Crippen LogP contribution in [-0.4, -0.2) is 112 Å². The van der Waals surface area contributed by atoms with Crippen LogP contribution < -0.4 is 27.0 Å². The number of aromatic amines is 1. The van der Waals surface area contributed by atoms with E-state index in [4.69, 9.17) is 20.4 Å². The number of hydrogen-bond donors (Lipinski definition) is 6. The number of fused-ring (bicyclic) bond motifs is 1. The Morgan fingerprint density at radius 2 is 1.66 bits per heavy atom. The molecule has 7 N–H and O–H groups in total. The van der Waals surface area contributed by atoms with Crippen molar-refractivity contribution >= 4 is 53.0 Å². The number of imidazole rings is 1. The highest BCUT2D eigenvalue weighted by Crippen LogP contribution is 2.32. The molecule has 5 heterocycles. The monoisotopic (exact) mass is 971 g/mol. The third kappa shape index (κ3) is 13.9. The molecular weight excluding hydrogens is 911 g/mol. The van der Waals surface area contributed by atoms with Gasteiger partial charge in [0, 0.05) is 60.8 Å². The van der Waals surface area contributed by atoms with Crippen molar-refractivity contribution in [3.8, 4) is 22.6 Å². The van der Waals surface area contributed by atoms with Gasteiger partial charge in [-0.3, -0.25) is 38.8 Å². The fraction of sp³-hybridized carbons (Fsp3) is 0.420. The molecule has 21 nitrogen and oxygen atoms in total. The molecule has 7 rings (SSSR count). The molecule has 1 aromatic carbocycles. The number of primary amides is 1.